The number of piperidine rings is 1. The van der Waals surface area contributed by atoms with Crippen LogP contribution in [0, 0.1) is 5.92 Å². The Morgan fingerprint density at radius 2 is 2.36 bits per heavy atom. The zero-order chi connectivity index (χ0) is 9.80. The van der Waals surface area contributed by atoms with Crippen molar-refractivity contribution in [2.24, 2.45) is 5.92 Å². The van der Waals surface area contributed by atoms with Crippen molar-refractivity contribution in [3.63, 3.8) is 0 Å². The summed E-state index contributed by atoms with van der Waals surface area (Å²) in [5.41, 5.74) is 0. The summed E-state index contributed by atoms with van der Waals surface area (Å²) in [7, 11) is 0. The van der Waals surface area contributed by atoms with Crippen molar-refractivity contribution in [2.75, 3.05) is 39.4 Å². The van der Waals surface area contributed by atoms with E-state index >= 15 is 0 Å². The van der Waals surface area contributed by atoms with Crippen molar-refractivity contribution in [3.05, 3.63) is 0 Å². The second kappa shape index (κ2) is 5.10. The Morgan fingerprint density at radius 3 is 3.14 bits per heavy atom. The van der Waals surface area contributed by atoms with Crippen LogP contribution < -0.4 is 5.32 Å². The van der Waals surface area contributed by atoms with Gasteiger partial charge in [-0.3, -0.25) is 4.90 Å². The molecule has 0 radical (unpaired) electrons. The van der Waals surface area contributed by atoms with Crippen molar-refractivity contribution in [1.82, 2.24) is 10.2 Å². The van der Waals surface area contributed by atoms with Crippen molar-refractivity contribution >= 4 is 0 Å². The number of nitrogens with one attached hydrogen (secondary N) is 1. The molecule has 3 nitrogen and oxygen atoms in total. The molecule has 2 heterocycles. The first-order valence-electron chi connectivity index (χ1n) is 5.93. The summed E-state index contributed by atoms with van der Waals surface area (Å²) in [5.74, 6) is 0.908. The first kappa shape index (κ1) is 10.4. The van der Waals surface area contributed by atoms with E-state index in [1.54, 1.807) is 0 Å². The standard InChI is InChI=1S/C11H22N2O/c1-2-14-7-6-13-8-10-4-3-5-12-11(10)9-13/h10-12H,2-9H2,1H3/t10-,11+/m0/s1. The highest BCUT2D eigenvalue weighted by Crippen LogP contribution is 2.24. The monoisotopic (exact) mass is 198 g/mol. The highest BCUT2D eigenvalue weighted by molar-refractivity contribution is 4.91. The van der Waals surface area contributed by atoms with Crippen LogP contribution in [-0.2, 0) is 4.74 Å². The Balaban J connectivity index is 1.70. The number of ether oxygens (including phenoxy) is 1. The lowest BCUT2D eigenvalue weighted by molar-refractivity contribution is 0.120. The lowest BCUT2D eigenvalue weighted by Crippen LogP contribution is -2.40. The van der Waals surface area contributed by atoms with Crippen molar-refractivity contribution in [3.8, 4) is 0 Å². The Morgan fingerprint density at radius 1 is 1.43 bits per heavy atom. The number of hydrogen-bond donors (Lipinski definition) is 1. The van der Waals surface area contributed by atoms with E-state index in [1.807, 2.05) is 0 Å². The largest absolute Gasteiger partial charge is 0.380 e. The SMILES string of the molecule is CCOCCN1C[C@@H]2CCCN[C@@H]2C1. The molecule has 0 aromatic rings. The molecule has 3 heteroatoms. The Kier molecular flexibility index (Phi) is 3.79. The quantitative estimate of drug-likeness (QED) is 0.673. The summed E-state index contributed by atoms with van der Waals surface area (Å²) >= 11 is 0. The van der Waals surface area contributed by atoms with Gasteiger partial charge in [-0.1, -0.05) is 0 Å². The molecule has 0 bridgehead atoms. The van der Waals surface area contributed by atoms with E-state index in [-0.39, 0.29) is 0 Å². The molecule has 0 amide bonds. The van der Waals surface area contributed by atoms with Crippen molar-refractivity contribution in [2.45, 2.75) is 25.8 Å². The third-order valence-corrected chi connectivity index (χ3v) is 3.43. The minimum atomic E-state index is 0.769. The van der Waals surface area contributed by atoms with E-state index < -0.39 is 0 Å². The van der Waals surface area contributed by atoms with Crippen LogP contribution >= 0.6 is 0 Å². The van der Waals surface area contributed by atoms with Gasteiger partial charge in [0, 0.05) is 32.3 Å². The third kappa shape index (κ3) is 2.47. The molecular weight excluding hydrogens is 176 g/mol. The number of likely N-dealkylation sites (tertiary alicyclic amines) is 1. The lowest BCUT2D eigenvalue weighted by atomic mass is 9.94. The maximum atomic E-state index is 5.39. The zero-order valence-corrected chi connectivity index (χ0v) is 9.17. The van der Waals surface area contributed by atoms with Crippen LogP contribution in [0.1, 0.15) is 19.8 Å². The fourth-order valence-corrected chi connectivity index (χ4v) is 2.66. The van der Waals surface area contributed by atoms with Crippen LogP contribution in [0.25, 0.3) is 0 Å². The predicted molar refractivity (Wildman–Crippen MR) is 57.4 cm³/mol. The summed E-state index contributed by atoms with van der Waals surface area (Å²) in [5, 5.41) is 3.62. The third-order valence-electron chi connectivity index (χ3n) is 3.43. The van der Waals surface area contributed by atoms with Gasteiger partial charge < -0.3 is 10.1 Å². The van der Waals surface area contributed by atoms with Gasteiger partial charge in [-0.2, -0.15) is 0 Å². The van der Waals surface area contributed by atoms with Crippen molar-refractivity contribution in [1.29, 1.82) is 0 Å². The number of nitrogens with zero attached hydrogens (tertiary/aromatic N) is 1. The second-order valence-corrected chi connectivity index (χ2v) is 4.42. The molecule has 2 fully saturated rings. The minimum absolute atomic E-state index is 0.769. The van der Waals surface area contributed by atoms with Gasteiger partial charge in [-0.05, 0) is 32.2 Å². The Labute approximate surface area is 86.8 Å². The van der Waals surface area contributed by atoms with Crippen LogP contribution in [-0.4, -0.2) is 50.3 Å². The van der Waals surface area contributed by atoms with Crippen LogP contribution in [0.15, 0.2) is 0 Å². The Bertz CT molecular complexity index is 161. The van der Waals surface area contributed by atoms with Gasteiger partial charge in [-0.15, -0.1) is 0 Å². The second-order valence-electron chi connectivity index (χ2n) is 4.42. The van der Waals surface area contributed by atoms with E-state index in [0.717, 1.165) is 31.7 Å². The zero-order valence-electron chi connectivity index (χ0n) is 9.17. The number of rotatable bonds is 4. The van der Waals surface area contributed by atoms with Crippen LogP contribution in [0.3, 0.4) is 0 Å². The molecule has 0 unspecified atom stereocenters. The smallest absolute Gasteiger partial charge is 0.0593 e. The van der Waals surface area contributed by atoms with Gasteiger partial charge in [0.1, 0.15) is 0 Å². The molecule has 2 rings (SSSR count). The van der Waals surface area contributed by atoms with Gasteiger partial charge >= 0.3 is 0 Å². The van der Waals surface area contributed by atoms with Gasteiger partial charge in [0.2, 0.25) is 0 Å². The summed E-state index contributed by atoms with van der Waals surface area (Å²) in [6, 6.07) is 0.769. The van der Waals surface area contributed by atoms with Crippen LogP contribution in [0.5, 0.6) is 0 Å². The molecule has 14 heavy (non-hydrogen) atoms. The predicted octanol–water partition coefficient (Wildman–Crippen LogP) is 0.707. The first-order valence-corrected chi connectivity index (χ1v) is 5.93. The fourth-order valence-electron chi connectivity index (χ4n) is 2.66. The van der Waals surface area contributed by atoms with E-state index in [9.17, 15) is 0 Å². The maximum absolute atomic E-state index is 5.39. The Hall–Kier alpha value is -0.120. The molecule has 0 aliphatic carbocycles. The minimum Gasteiger partial charge on any atom is -0.380 e. The summed E-state index contributed by atoms with van der Waals surface area (Å²) in [6.07, 6.45) is 2.78. The van der Waals surface area contributed by atoms with E-state index in [2.05, 4.69) is 17.1 Å². The van der Waals surface area contributed by atoms with E-state index in [0.29, 0.717) is 0 Å². The molecule has 0 spiro atoms. The molecule has 82 valence electrons. The molecule has 0 saturated carbocycles. The normalized spacial score (nSPS) is 33.2. The summed E-state index contributed by atoms with van der Waals surface area (Å²) in [4.78, 5) is 2.54. The molecule has 2 saturated heterocycles. The lowest BCUT2D eigenvalue weighted by Gasteiger charge is -2.24. The summed E-state index contributed by atoms with van der Waals surface area (Å²) < 4.78 is 5.39. The van der Waals surface area contributed by atoms with Gasteiger partial charge in [0.15, 0.2) is 0 Å². The number of fused-ring (bicyclic) bond motifs is 1. The fraction of sp³-hybridized carbons (Fsp3) is 1.00. The highest BCUT2D eigenvalue weighted by Gasteiger charge is 2.33. The summed E-state index contributed by atoms with van der Waals surface area (Å²) in [6.45, 7) is 8.66. The number of hydrogen-bond acceptors (Lipinski definition) is 3. The maximum Gasteiger partial charge on any atom is 0.0593 e. The molecule has 0 aromatic carbocycles. The molecule has 1 N–H and O–H groups in total. The molecule has 2 aliphatic rings. The average molecular weight is 198 g/mol. The molecule has 2 atom stereocenters. The topological polar surface area (TPSA) is 24.5 Å². The molecular formula is C11H22N2O. The van der Waals surface area contributed by atoms with Gasteiger partial charge in [-0.25, -0.2) is 0 Å². The van der Waals surface area contributed by atoms with Crippen LogP contribution in [0.2, 0.25) is 0 Å². The highest BCUT2D eigenvalue weighted by atomic mass is 16.5. The molecule has 2 aliphatic heterocycles. The van der Waals surface area contributed by atoms with E-state index in [1.165, 1.54) is 32.5 Å². The van der Waals surface area contributed by atoms with Gasteiger partial charge in [0.05, 0.1) is 6.61 Å². The van der Waals surface area contributed by atoms with Crippen molar-refractivity contribution < 1.29 is 4.74 Å². The molecule has 0 aromatic heterocycles. The van der Waals surface area contributed by atoms with Gasteiger partial charge in [0.25, 0.3) is 0 Å². The van der Waals surface area contributed by atoms with Crippen LogP contribution in [0.4, 0.5) is 0 Å². The first-order chi connectivity index (χ1) is 6.90. The average Bonchev–Trinajstić information content (AvgIpc) is 2.60. The van der Waals surface area contributed by atoms with E-state index in [4.69, 9.17) is 4.74 Å².